The number of nitrogens with zero attached hydrogens (tertiary/aromatic N) is 1. The molecule has 0 aliphatic heterocycles. The topological polar surface area (TPSA) is 77.6 Å². The van der Waals surface area contributed by atoms with E-state index in [2.05, 4.69) is 4.98 Å². The first kappa shape index (κ1) is 24.2. The SMILES string of the molecule is C[C@](N)(CO)c1ncc(-c2ccc(OCCOCCc3ccccc3)c(C(F)(F)F)c2)s1. The van der Waals surface area contributed by atoms with Crippen LogP contribution in [0.2, 0.25) is 0 Å². The predicted molar refractivity (Wildman–Crippen MR) is 118 cm³/mol. The van der Waals surface area contributed by atoms with Crippen LogP contribution in [0.3, 0.4) is 0 Å². The molecule has 1 heterocycles. The number of benzene rings is 2. The van der Waals surface area contributed by atoms with Crippen LogP contribution in [-0.2, 0) is 22.9 Å². The molecule has 9 heteroatoms. The summed E-state index contributed by atoms with van der Waals surface area (Å²) in [4.78, 5) is 4.67. The summed E-state index contributed by atoms with van der Waals surface area (Å²) in [5, 5.41) is 9.82. The van der Waals surface area contributed by atoms with Gasteiger partial charge in [0.05, 0.1) is 35.8 Å². The second-order valence-corrected chi connectivity index (χ2v) is 8.54. The summed E-state index contributed by atoms with van der Waals surface area (Å²) < 4.78 is 51.8. The molecule has 0 fully saturated rings. The molecule has 3 rings (SSSR count). The maximum atomic E-state index is 13.6. The summed E-state index contributed by atoms with van der Waals surface area (Å²) in [7, 11) is 0. The molecule has 3 aromatic rings. The van der Waals surface area contributed by atoms with Gasteiger partial charge in [-0.15, -0.1) is 11.3 Å². The Hall–Kier alpha value is -2.46. The minimum absolute atomic E-state index is 0.00392. The molecular formula is C23H25F3N2O3S. The normalized spacial score (nSPS) is 13.7. The van der Waals surface area contributed by atoms with E-state index in [9.17, 15) is 18.3 Å². The second kappa shape index (κ2) is 10.4. The van der Waals surface area contributed by atoms with Crippen LogP contribution in [0.25, 0.3) is 10.4 Å². The van der Waals surface area contributed by atoms with Crippen LogP contribution < -0.4 is 10.5 Å². The first-order valence-corrected chi connectivity index (χ1v) is 10.8. The monoisotopic (exact) mass is 466 g/mol. The molecule has 32 heavy (non-hydrogen) atoms. The summed E-state index contributed by atoms with van der Waals surface area (Å²) in [5.41, 5.74) is 5.51. The number of hydrogen-bond acceptors (Lipinski definition) is 6. The van der Waals surface area contributed by atoms with Crippen molar-refractivity contribution in [2.45, 2.75) is 25.1 Å². The van der Waals surface area contributed by atoms with Crippen LogP contribution in [0, 0.1) is 0 Å². The van der Waals surface area contributed by atoms with Crippen LogP contribution in [0.4, 0.5) is 13.2 Å². The largest absolute Gasteiger partial charge is 0.491 e. The number of rotatable bonds is 10. The molecule has 2 aromatic carbocycles. The zero-order valence-corrected chi connectivity index (χ0v) is 18.4. The van der Waals surface area contributed by atoms with Crippen LogP contribution >= 0.6 is 11.3 Å². The van der Waals surface area contributed by atoms with Gasteiger partial charge in [-0.2, -0.15) is 13.2 Å². The first-order valence-electron chi connectivity index (χ1n) is 10.0. The molecule has 1 aromatic heterocycles. The quantitative estimate of drug-likeness (QED) is 0.426. The van der Waals surface area contributed by atoms with E-state index in [4.69, 9.17) is 15.2 Å². The van der Waals surface area contributed by atoms with E-state index in [1.165, 1.54) is 12.3 Å². The molecule has 0 spiro atoms. The molecule has 0 saturated carbocycles. The van der Waals surface area contributed by atoms with Crippen molar-refractivity contribution in [2.75, 3.05) is 26.4 Å². The van der Waals surface area contributed by atoms with Gasteiger partial charge in [-0.3, -0.25) is 0 Å². The van der Waals surface area contributed by atoms with E-state index in [1.54, 1.807) is 13.0 Å². The van der Waals surface area contributed by atoms with Crippen LogP contribution in [0.1, 0.15) is 23.1 Å². The minimum Gasteiger partial charge on any atom is -0.491 e. The van der Waals surface area contributed by atoms with Gasteiger partial charge in [0.25, 0.3) is 0 Å². The van der Waals surface area contributed by atoms with E-state index >= 15 is 0 Å². The molecular weight excluding hydrogens is 441 g/mol. The lowest BCUT2D eigenvalue weighted by Crippen LogP contribution is -2.36. The summed E-state index contributed by atoms with van der Waals surface area (Å²) in [5.74, 6) is -0.253. The molecule has 0 aliphatic rings. The zero-order chi connectivity index (χ0) is 23.2. The maximum Gasteiger partial charge on any atom is 0.419 e. The molecule has 3 N–H and O–H groups in total. The summed E-state index contributed by atoms with van der Waals surface area (Å²) in [6.45, 7) is 1.92. The highest BCUT2D eigenvalue weighted by molar-refractivity contribution is 7.15. The Bertz CT molecular complexity index is 1010. The van der Waals surface area contributed by atoms with Gasteiger partial charge in [-0.25, -0.2) is 4.98 Å². The molecule has 0 bridgehead atoms. The smallest absolute Gasteiger partial charge is 0.419 e. The van der Waals surface area contributed by atoms with Crippen molar-refractivity contribution in [1.82, 2.24) is 4.98 Å². The number of alkyl halides is 3. The molecule has 0 saturated heterocycles. The third-order valence-electron chi connectivity index (χ3n) is 4.76. The zero-order valence-electron chi connectivity index (χ0n) is 17.6. The van der Waals surface area contributed by atoms with Crippen molar-refractivity contribution >= 4 is 11.3 Å². The average Bonchev–Trinajstić information content (AvgIpc) is 3.27. The number of aliphatic hydroxyl groups is 1. The van der Waals surface area contributed by atoms with Gasteiger partial charge < -0.3 is 20.3 Å². The average molecular weight is 467 g/mol. The molecule has 0 amide bonds. The summed E-state index contributed by atoms with van der Waals surface area (Å²) in [6.07, 6.45) is -2.41. The Kier molecular flexibility index (Phi) is 7.89. The first-order chi connectivity index (χ1) is 15.2. The molecule has 1 atom stereocenters. The molecule has 0 aliphatic carbocycles. The maximum absolute atomic E-state index is 13.6. The number of hydrogen-bond donors (Lipinski definition) is 2. The van der Waals surface area contributed by atoms with Crippen LogP contribution in [0.15, 0.2) is 54.7 Å². The number of nitrogens with two attached hydrogens (primary N) is 1. The minimum atomic E-state index is -4.58. The third-order valence-corrected chi connectivity index (χ3v) is 6.08. The summed E-state index contributed by atoms with van der Waals surface area (Å²) in [6, 6.07) is 13.7. The Labute approximate surface area is 188 Å². The van der Waals surface area contributed by atoms with Gasteiger partial charge in [0, 0.05) is 6.20 Å². The third kappa shape index (κ3) is 6.29. The molecule has 172 valence electrons. The Morgan fingerprint density at radius 1 is 1.06 bits per heavy atom. The van der Waals surface area contributed by atoms with Crippen molar-refractivity contribution in [3.63, 3.8) is 0 Å². The highest BCUT2D eigenvalue weighted by atomic mass is 32.1. The Morgan fingerprint density at radius 3 is 2.50 bits per heavy atom. The fourth-order valence-electron chi connectivity index (χ4n) is 2.92. The van der Waals surface area contributed by atoms with Crippen molar-refractivity contribution in [3.05, 3.63) is 70.9 Å². The molecule has 0 unspecified atom stereocenters. The van der Waals surface area contributed by atoms with Crippen molar-refractivity contribution in [2.24, 2.45) is 5.73 Å². The van der Waals surface area contributed by atoms with E-state index in [-0.39, 0.29) is 25.6 Å². The van der Waals surface area contributed by atoms with Crippen molar-refractivity contribution in [1.29, 1.82) is 0 Å². The Balaban J connectivity index is 1.63. The molecule has 0 radical (unpaired) electrons. The molecule has 5 nitrogen and oxygen atoms in total. The number of halogens is 3. The number of thiazole rings is 1. The van der Waals surface area contributed by atoms with Crippen molar-refractivity contribution < 1.29 is 27.8 Å². The fraction of sp³-hybridized carbons (Fsp3) is 0.348. The van der Waals surface area contributed by atoms with Crippen molar-refractivity contribution in [3.8, 4) is 16.2 Å². The predicted octanol–water partition coefficient (Wildman–Crippen LogP) is 4.63. The lowest BCUT2D eigenvalue weighted by atomic mass is 10.1. The number of aliphatic hydroxyl groups excluding tert-OH is 1. The fourth-order valence-corrected chi connectivity index (χ4v) is 3.88. The highest BCUT2D eigenvalue weighted by Gasteiger charge is 2.35. The number of ether oxygens (including phenoxy) is 2. The second-order valence-electron chi connectivity index (χ2n) is 7.51. The van der Waals surface area contributed by atoms with Crippen LogP contribution in [-0.4, -0.2) is 36.5 Å². The van der Waals surface area contributed by atoms with Gasteiger partial charge >= 0.3 is 6.18 Å². The van der Waals surface area contributed by atoms with Gasteiger partial charge in [0.15, 0.2) is 0 Å². The van der Waals surface area contributed by atoms with Gasteiger partial charge in [-0.05, 0) is 42.7 Å². The van der Waals surface area contributed by atoms with Gasteiger partial charge in [0.2, 0.25) is 0 Å². The van der Waals surface area contributed by atoms with Gasteiger partial charge in [-0.1, -0.05) is 30.3 Å². The van der Waals surface area contributed by atoms with Crippen LogP contribution in [0.5, 0.6) is 5.75 Å². The van der Waals surface area contributed by atoms with E-state index in [0.717, 1.165) is 29.4 Å². The van der Waals surface area contributed by atoms with E-state index in [0.29, 0.717) is 22.1 Å². The van der Waals surface area contributed by atoms with E-state index < -0.39 is 17.3 Å². The lowest BCUT2D eigenvalue weighted by Gasteiger charge is -2.18. The highest BCUT2D eigenvalue weighted by Crippen LogP contribution is 2.40. The Morgan fingerprint density at radius 2 is 1.81 bits per heavy atom. The number of aromatic nitrogens is 1. The lowest BCUT2D eigenvalue weighted by molar-refractivity contribution is -0.139. The van der Waals surface area contributed by atoms with Gasteiger partial charge in [0.1, 0.15) is 17.4 Å². The summed E-state index contributed by atoms with van der Waals surface area (Å²) >= 11 is 1.14. The van der Waals surface area contributed by atoms with E-state index in [1.807, 2.05) is 30.3 Å². The standard InChI is InChI=1S/C23H25F3N2O3S/c1-22(27,15-29)21-28-14-20(32-21)17-7-8-19(18(13-17)23(24,25)26)31-12-11-30-10-9-16-5-3-2-4-6-16/h2-8,13-14,29H,9-12,15,27H2,1H3/t22-/m0/s1.